The number of aryl methyl sites for hydroxylation is 1. The molecular formula is C9H14N2O3. The van der Waals surface area contributed by atoms with Crippen molar-refractivity contribution >= 4 is 5.97 Å². The van der Waals surface area contributed by atoms with Crippen LogP contribution in [-0.4, -0.2) is 33.6 Å². The number of rotatable bonds is 5. The van der Waals surface area contributed by atoms with Crippen LogP contribution >= 0.6 is 0 Å². The van der Waals surface area contributed by atoms with Crippen molar-refractivity contribution in [3.05, 3.63) is 18.0 Å². The van der Waals surface area contributed by atoms with Gasteiger partial charge in [0.1, 0.15) is 0 Å². The van der Waals surface area contributed by atoms with Crippen LogP contribution in [0.5, 0.6) is 0 Å². The predicted octanol–water partition coefficient (Wildman–Crippen LogP) is 0.452. The molecule has 1 N–H and O–H groups in total. The van der Waals surface area contributed by atoms with Crippen LogP contribution in [0.25, 0.3) is 0 Å². The minimum absolute atomic E-state index is 0.396. The smallest absolute Gasteiger partial charge is 0.332 e. The largest absolute Gasteiger partial charge is 0.479 e. The molecule has 5 nitrogen and oxygen atoms in total. The summed E-state index contributed by atoms with van der Waals surface area (Å²) in [6.07, 6.45) is 1.63. The molecule has 0 bridgehead atoms. The van der Waals surface area contributed by atoms with E-state index in [1.807, 2.05) is 13.1 Å². The first-order valence-corrected chi connectivity index (χ1v) is 4.42. The summed E-state index contributed by atoms with van der Waals surface area (Å²) in [5.41, 5.74) is 1.03. The molecule has 0 saturated heterocycles. The molecule has 0 fully saturated rings. The Balaban J connectivity index is 2.29. The van der Waals surface area contributed by atoms with Crippen LogP contribution in [0.2, 0.25) is 0 Å². The summed E-state index contributed by atoms with van der Waals surface area (Å²) >= 11 is 0. The number of aliphatic carboxylic acids is 1. The van der Waals surface area contributed by atoms with Crippen molar-refractivity contribution in [2.75, 3.05) is 6.61 Å². The molecule has 1 aromatic heterocycles. The van der Waals surface area contributed by atoms with Crippen molar-refractivity contribution in [2.24, 2.45) is 7.05 Å². The van der Waals surface area contributed by atoms with Gasteiger partial charge in [-0.2, -0.15) is 5.10 Å². The number of hydrogen-bond acceptors (Lipinski definition) is 3. The van der Waals surface area contributed by atoms with E-state index in [4.69, 9.17) is 9.84 Å². The average molecular weight is 198 g/mol. The highest BCUT2D eigenvalue weighted by atomic mass is 16.5. The summed E-state index contributed by atoms with van der Waals surface area (Å²) in [6, 6.07) is 1.88. The highest BCUT2D eigenvalue weighted by Gasteiger charge is 2.10. The Hall–Kier alpha value is -1.36. The highest BCUT2D eigenvalue weighted by molar-refractivity contribution is 5.71. The predicted molar refractivity (Wildman–Crippen MR) is 50.0 cm³/mol. The van der Waals surface area contributed by atoms with Gasteiger partial charge < -0.3 is 9.84 Å². The van der Waals surface area contributed by atoms with Crippen LogP contribution in [-0.2, 0) is 23.0 Å². The lowest BCUT2D eigenvalue weighted by Gasteiger charge is -2.07. The van der Waals surface area contributed by atoms with Gasteiger partial charge in [0, 0.05) is 25.4 Å². The number of carbonyl (C=O) groups is 1. The third-order valence-electron chi connectivity index (χ3n) is 2.00. The second-order valence-electron chi connectivity index (χ2n) is 3.05. The summed E-state index contributed by atoms with van der Waals surface area (Å²) in [6.45, 7) is 1.92. The summed E-state index contributed by atoms with van der Waals surface area (Å²) < 4.78 is 6.84. The van der Waals surface area contributed by atoms with Gasteiger partial charge in [-0.05, 0) is 13.0 Å². The third kappa shape index (κ3) is 2.85. The van der Waals surface area contributed by atoms with Crippen molar-refractivity contribution in [1.29, 1.82) is 0 Å². The van der Waals surface area contributed by atoms with Gasteiger partial charge in [0.25, 0.3) is 0 Å². The van der Waals surface area contributed by atoms with Gasteiger partial charge in [0.2, 0.25) is 0 Å². The fourth-order valence-electron chi connectivity index (χ4n) is 1.06. The van der Waals surface area contributed by atoms with Crippen molar-refractivity contribution in [1.82, 2.24) is 9.78 Å². The van der Waals surface area contributed by atoms with E-state index in [2.05, 4.69) is 5.10 Å². The summed E-state index contributed by atoms with van der Waals surface area (Å²) in [5.74, 6) is -0.935. The zero-order valence-electron chi connectivity index (χ0n) is 8.30. The third-order valence-corrected chi connectivity index (χ3v) is 2.00. The molecule has 5 heteroatoms. The van der Waals surface area contributed by atoms with Gasteiger partial charge in [0.05, 0.1) is 6.61 Å². The molecule has 0 radical (unpaired) electrons. The molecule has 14 heavy (non-hydrogen) atoms. The fraction of sp³-hybridized carbons (Fsp3) is 0.556. The van der Waals surface area contributed by atoms with E-state index in [0.717, 1.165) is 5.69 Å². The summed E-state index contributed by atoms with van der Waals surface area (Å²) in [7, 11) is 1.84. The average Bonchev–Trinajstić information content (AvgIpc) is 2.51. The molecular weight excluding hydrogens is 184 g/mol. The Morgan fingerprint density at radius 3 is 3.00 bits per heavy atom. The quantitative estimate of drug-likeness (QED) is 0.746. The lowest BCUT2D eigenvalue weighted by molar-refractivity contribution is -0.149. The Morgan fingerprint density at radius 2 is 2.50 bits per heavy atom. The van der Waals surface area contributed by atoms with Crippen molar-refractivity contribution < 1.29 is 14.6 Å². The van der Waals surface area contributed by atoms with E-state index in [0.29, 0.717) is 13.0 Å². The Labute approximate surface area is 82.3 Å². The zero-order chi connectivity index (χ0) is 10.6. The Bertz CT molecular complexity index is 309. The summed E-state index contributed by atoms with van der Waals surface area (Å²) in [5, 5.41) is 12.5. The first kappa shape index (κ1) is 10.7. The lowest BCUT2D eigenvalue weighted by Crippen LogP contribution is -2.21. The molecule has 0 amide bonds. The number of aromatic nitrogens is 2. The number of nitrogens with zero attached hydrogens (tertiary/aromatic N) is 2. The molecule has 0 aliphatic heterocycles. The van der Waals surface area contributed by atoms with Crippen LogP contribution in [0, 0.1) is 0 Å². The highest BCUT2D eigenvalue weighted by Crippen LogP contribution is 1.99. The number of carboxylic acids is 1. The lowest BCUT2D eigenvalue weighted by atomic mass is 10.3. The van der Waals surface area contributed by atoms with Gasteiger partial charge in [-0.3, -0.25) is 4.68 Å². The standard InChI is InChI=1S/C9H14N2O3/c1-7(9(12)13)14-6-4-8-3-5-10-11(8)2/h3,5,7H,4,6H2,1-2H3,(H,12,13)/t7-/m1/s1. The van der Waals surface area contributed by atoms with E-state index < -0.39 is 12.1 Å². The molecule has 0 aliphatic carbocycles. The van der Waals surface area contributed by atoms with Gasteiger partial charge in [0.15, 0.2) is 6.10 Å². The molecule has 0 unspecified atom stereocenters. The SMILES string of the molecule is C[C@@H](OCCc1ccnn1C)C(=O)O. The first-order valence-electron chi connectivity index (χ1n) is 4.42. The molecule has 0 saturated carbocycles. The van der Waals surface area contributed by atoms with Crippen LogP contribution in [0.1, 0.15) is 12.6 Å². The maximum Gasteiger partial charge on any atom is 0.332 e. The Kier molecular flexibility index (Phi) is 3.64. The minimum Gasteiger partial charge on any atom is -0.479 e. The van der Waals surface area contributed by atoms with Crippen LogP contribution < -0.4 is 0 Å². The fourth-order valence-corrected chi connectivity index (χ4v) is 1.06. The van der Waals surface area contributed by atoms with Crippen LogP contribution in [0.3, 0.4) is 0 Å². The van der Waals surface area contributed by atoms with E-state index in [-0.39, 0.29) is 0 Å². The molecule has 0 spiro atoms. The molecule has 0 aromatic carbocycles. The normalized spacial score (nSPS) is 12.7. The molecule has 1 aromatic rings. The van der Waals surface area contributed by atoms with E-state index >= 15 is 0 Å². The molecule has 0 aliphatic rings. The van der Waals surface area contributed by atoms with Gasteiger partial charge in [-0.15, -0.1) is 0 Å². The van der Waals surface area contributed by atoms with E-state index in [9.17, 15) is 4.79 Å². The maximum atomic E-state index is 10.4. The second-order valence-corrected chi connectivity index (χ2v) is 3.05. The van der Waals surface area contributed by atoms with Crippen molar-refractivity contribution in [2.45, 2.75) is 19.4 Å². The molecule has 1 heterocycles. The minimum atomic E-state index is -0.935. The van der Waals surface area contributed by atoms with Gasteiger partial charge in [-0.1, -0.05) is 0 Å². The number of hydrogen-bond donors (Lipinski definition) is 1. The van der Waals surface area contributed by atoms with Crippen LogP contribution in [0.15, 0.2) is 12.3 Å². The number of ether oxygens (including phenoxy) is 1. The van der Waals surface area contributed by atoms with Crippen molar-refractivity contribution in [3.8, 4) is 0 Å². The number of carboxylic acid groups (broad SMARTS) is 1. The second kappa shape index (κ2) is 4.76. The Morgan fingerprint density at radius 1 is 1.79 bits per heavy atom. The zero-order valence-corrected chi connectivity index (χ0v) is 8.30. The molecule has 1 rings (SSSR count). The first-order chi connectivity index (χ1) is 6.61. The van der Waals surface area contributed by atoms with Crippen LogP contribution in [0.4, 0.5) is 0 Å². The monoisotopic (exact) mass is 198 g/mol. The molecule has 1 atom stereocenters. The topological polar surface area (TPSA) is 64.4 Å². The van der Waals surface area contributed by atoms with Crippen molar-refractivity contribution in [3.63, 3.8) is 0 Å². The maximum absolute atomic E-state index is 10.4. The summed E-state index contributed by atoms with van der Waals surface area (Å²) in [4.78, 5) is 10.4. The van der Waals surface area contributed by atoms with E-state index in [1.54, 1.807) is 10.9 Å². The van der Waals surface area contributed by atoms with Gasteiger partial charge >= 0.3 is 5.97 Å². The van der Waals surface area contributed by atoms with Gasteiger partial charge in [-0.25, -0.2) is 4.79 Å². The van der Waals surface area contributed by atoms with E-state index in [1.165, 1.54) is 6.92 Å². The molecule has 78 valence electrons.